The molecule has 1 aliphatic heterocycles. The van der Waals surface area contributed by atoms with E-state index in [4.69, 9.17) is 10.5 Å². The Balaban J connectivity index is 0.00000200. The number of thioether (sulfide) groups is 1. The van der Waals surface area contributed by atoms with E-state index in [9.17, 15) is 0 Å². The molecule has 0 aromatic carbocycles. The first-order valence-corrected chi connectivity index (χ1v) is 8.34. The van der Waals surface area contributed by atoms with Crippen LogP contribution in [0.1, 0.15) is 23.7 Å². The molecule has 1 saturated heterocycles. The fourth-order valence-corrected chi connectivity index (χ4v) is 3.48. The molecular weight excluding hydrogens is 407 g/mol. The molecule has 2 N–H and O–H groups in total. The number of methoxy groups -OCH3 is 1. The van der Waals surface area contributed by atoms with Crippen LogP contribution in [0.2, 0.25) is 0 Å². The zero-order valence-electron chi connectivity index (χ0n) is 11.7. The Bertz CT molecular complexity index is 435. The Labute approximate surface area is 145 Å². The molecule has 114 valence electrons. The molecule has 1 aromatic rings. The fourth-order valence-electron chi connectivity index (χ4n) is 1.74. The zero-order valence-corrected chi connectivity index (χ0v) is 15.7. The average molecular weight is 428 g/mol. The molecule has 1 aromatic heterocycles. The molecule has 1 unspecified atom stereocenters. The molecule has 0 amide bonds. The number of aromatic nitrogens is 1. The van der Waals surface area contributed by atoms with Gasteiger partial charge in [-0.3, -0.25) is 0 Å². The van der Waals surface area contributed by atoms with E-state index in [2.05, 4.69) is 14.9 Å². The molecule has 2 heterocycles. The summed E-state index contributed by atoms with van der Waals surface area (Å²) >= 11 is 3.57. The van der Waals surface area contributed by atoms with Gasteiger partial charge in [0.15, 0.2) is 5.96 Å². The summed E-state index contributed by atoms with van der Waals surface area (Å²) in [4.78, 5) is 11.1. The van der Waals surface area contributed by atoms with Crippen LogP contribution in [0.4, 0.5) is 0 Å². The third-order valence-electron chi connectivity index (χ3n) is 3.01. The van der Waals surface area contributed by atoms with E-state index in [0.717, 1.165) is 35.3 Å². The van der Waals surface area contributed by atoms with Gasteiger partial charge in [0.2, 0.25) is 0 Å². The van der Waals surface area contributed by atoms with Crippen LogP contribution in [0, 0.1) is 0 Å². The van der Waals surface area contributed by atoms with Crippen LogP contribution in [0.25, 0.3) is 0 Å². The highest BCUT2D eigenvalue weighted by molar-refractivity contribution is 14.0. The van der Waals surface area contributed by atoms with Crippen LogP contribution in [-0.4, -0.2) is 47.5 Å². The molecule has 0 radical (unpaired) electrons. The standard InChI is InChI=1S/C12H20N4OS2.HI/c1-9(17-2)11-15-10(8-19-11)7-14-12(13)16-3-5-18-6-4-16;/h8-9H,3-7H2,1-2H3,(H2,13,14);1H. The summed E-state index contributed by atoms with van der Waals surface area (Å²) in [6.45, 7) is 4.51. The van der Waals surface area contributed by atoms with E-state index >= 15 is 0 Å². The number of rotatable bonds is 4. The van der Waals surface area contributed by atoms with Gasteiger partial charge in [-0.15, -0.1) is 35.3 Å². The highest BCUT2D eigenvalue weighted by atomic mass is 127. The fraction of sp³-hybridized carbons (Fsp3) is 0.667. The van der Waals surface area contributed by atoms with Crippen molar-refractivity contribution in [2.45, 2.75) is 19.6 Å². The summed E-state index contributed by atoms with van der Waals surface area (Å²) in [6.07, 6.45) is 0.0409. The number of nitrogens with zero attached hydrogens (tertiary/aromatic N) is 3. The summed E-state index contributed by atoms with van der Waals surface area (Å²) in [5, 5.41) is 3.01. The predicted octanol–water partition coefficient (Wildman–Crippen LogP) is 2.33. The van der Waals surface area contributed by atoms with Gasteiger partial charge in [0.1, 0.15) is 11.1 Å². The van der Waals surface area contributed by atoms with Gasteiger partial charge in [0.05, 0.1) is 12.2 Å². The van der Waals surface area contributed by atoms with Crippen molar-refractivity contribution < 1.29 is 4.74 Å². The quantitative estimate of drug-likeness (QED) is 0.453. The van der Waals surface area contributed by atoms with Crippen LogP contribution in [0.3, 0.4) is 0 Å². The Kier molecular flexibility index (Phi) is 8.15. The molecule has 0 bridgehead atoms. The molecule has 1 aliphatic rings. The largest absolute Gasteiger partial charge is 0.375 e. The third-order valence-corrected chi connectivity index (χ3v) is 5.01. The summed E-state index contributed by atoms with van der Waals surface area (Å²) < 4.78 is 5.25. The minimum atomic E-state index is 0. The van der Waals surface area contributed by atoms with E-state index in [-0.39, 0.29) is 30.1 Å². The maximum atomic E-state index is 6.01. The number of aliphatic imine (C=N–C) groups is 1. The lowest BCUT2D eigenvalue weighted by atomic mass is 10.4. The summed E-state index contributed by atoms with van der Waals surface area (Å²) in [5.74, 6) is 2.89. The van der Waals surface area contributed by atoms with Crippen LogP contribution >= 0.6 is 47.1 Å². The Morgan fingerprint density at radius 3 is 2.90 bits per heavy atom. The highest BCUT2D eigenvalue weighted by Gasteiger charge is 2.13. The topological polar surface area (TPSA) is 63.7 Å². The van der Waals surface area contributed by atoms with E-state index in [0.29, 0.717) is 12.5 Å². The SMILES string of the molecule is COC(C)c1nc(CN=C(N)N2CCSCC2)cs1.I. The zero-order chi connectivity index (χ0) is 13.7. The second-order valence-corrected chi connectivity index (χ2v) is 6.44. The minimum absolute atomic E-state index is 0. The molecule has 5 nitrogen and oxygen atoms in total. The first-order chi connectivity index (χ1) is 9.20. The van der Waals surface area contributed by atoms with Gasteiger partial charge in [0, 0.05) is 37.1 Å². The van der Waals surface area contributed by atoms with Crippen molar-refractivity contribution >= 4 is 53.0 Å². The molecule has 20 heavy (non-hydrogen) atoms. The molecular formula is C12H21IN4OS2. The van der Waals surface area contributed by atoms with Crippen molar-refractivity contribution in [1.29, 1.82) is 0 Å². The van der Waals surface area contributed by atoms with E-state index < -0.39 is 0 Å². The summed E-state index contributed by atoms with van der Waals surface area (Å²) in [7, 11) is 1.69. The van der Waals surface area contributed by atoms with Gasteiger partial charge < -0.3 is 15.4 Å². The molecule has 1 atom stereocenters. The van der Waals surface area contributed by atoms with Gasteiger partial charge in [-0.25, -0.2) is 9.98 Å². The number of nitrogens with two attached hydrogens (primary N) is 1. The molecule has 2 rings (SSSR count). The van der Waals surface area contributed by atoms with Crippen LogP contribution in [-0.2, 0) is 11.3 Å². The first kappa shape index (κ1) is 18.0. The van der Waals surface area contributed by atoms with Crippen molar-refractivity contribution in [2.75, 3.05) is 31.7 Å². The average Bonchev–Trinajstić information content (AvgIpc) is 2.93. The molecule has 0 aliphatic carbocycles. The second-order valence-electron chi connectivity index (χ2n) is 4.33. The predicted molar refractivity (Wildman–Crippen MR) is 97.2 cm³/mol. The maximum Gasteiger partial charge on any atom is 0.191 e. The minimum Gasteiger partial charge on any atom is -0.375 e. The maximum absolute atomic E-state index is 6.01. The summed E-state index contributed by atoms with van der Waals surface area (Å²) in [5.41, 5.74) is 6.96. The van der Waals surface area contributed by atoms with Crippen molar-refractivity contribution in [3.8, 4) is 0 Å². The number of hydrogen-bond donors (Lipinski definition) is 1. The first-order valence-electron chi connectivity index (χ1n) is 6.30. The van der Waals surface area contributed by atoms with Crippen LogP contribution < -0.4 is 5.73 Å². The normalized spacial score (nSPS) is 17.7. The summed E-state index contributed by atoms with van der Waals surface area (Å²) in [6, 6.07) is 0. The Hall–Kier alpha value is -0.0600. The van der Waals surface area contributed by atoms with Crippen molar-refractivity contribution in [1.82, 2.24) is 9.88 Å². The van der Waals surface area contributed by atoms with Crippen molar-refractivity contribution in [3.05, 3.63) is 16.1 Å². The number of halogens is 1. The van der Waals surface area contributed by atoms with Crippen LogP contribution in [0.15, 0.2) is 10.4 Å². The third kappa shape index (κ3) is 5.05. The van der Waals surface area contributed by atoms with Crippen LogP contribution in [0.5, 0.6) is 0 Å². The van der Waals surface area contributed by atoms with Gasteiger partial charge >= 0.3 is 0 Å². The molecule has 1 fully saturated rings. The Morgan fingerprint density at radius 1 is 1.55 bits per heavy atom. The second kappa shape index (κ2) is 9.06. The number of thiazole rings is 1. The van der Waals surface area contributed by atoms with Gasteiger partial charge in [-0.1, -0.05) is 0 Å². The van der Waals surface area contributed by atoms with Gasteiger partial charge in [0.25, 0.3) is 0 Å². The lowest BCUT2D eigenvalue weighted by Gasteiger charge is -2.27. The van der Waals surface area contributed by atoms with Crippen molar-refractivity contribution in [2.24, 2.45) is 10.7 Å². The van der Waals surface area contributed by atoms with E-state index in [1.807, 2.05) is 24.1 Å². The lowest BCUT2D eigenvalue weighted by Crippen LogP contribution is -2.42. The molecule has 8 heteroatoms. The van der Waals surface area contributed by atoms with Gasteiger partial charge in [-0.2, -0.15) is 11.8 Å². The van der Waals surface area contributed by atoms with Gasteiger partial charge in [-0.05, 0) is 6.92 Å². The van der Waals surface area contributed by atoms with E-state index in [1.165, 1.54) is 0 Å². The van der Waals surface area contributed by atoms with E-state index in [1.54, 1.807) is 18.4 Å². The number of hydrogen-bond acceptors (Lipinski definition) is 5. The molecule has 0 saturated carbocycles. The number of ether oxygens (including phenoxy) is 1. The lowest BCUT2D eigenvalue weighted by molar-refractivity contribution is 0.119. The smallest absolute Gasteiger partial charge is 0.191 e. The van der Waals surface area contributed by atoms with Crippen molar-refractivity contribution in [3.63, 3.8) is 0 Å². The number of guanidine groups is 1. The Morgan fingerprint density at radius 2 is 2.25 bits per heavy atom. The monoisotopic (exact) mass is 428 g/mol. The molecule has 0 spiro atoms. The highest BCUT2D eigenvalue weighted by Crippen LogP contribution is 2.20.